The van der Waals surface area contributed by atoms with Gasteiger partial charge in [-0.3, -0.25) is 4.90 Å². The van der Waals surface area contributed by atoms with E-state index in [1.54, 1.807) is 12.1 Å². The van der Waals surface area contributed by atoms with Crippen LogP contribution in [-0.4, -0.2) is 51.1 Å². The van der Waals surface area contributed by atoms with Gasteiger partial charge in [0.2, 0.25) is 0 Å². The van der Waals surface area contributed by atoms with Crippen molar-refractivity contribution < 1.29 is 13.7 Å². The smallest absolute Gasteiger partial charge is 0.403 e. The van der Waals surface area contributed by atoms with E-state index in [2.05, 4.69) is 42.7 Å². The minimum atomic E-state index is -0.278. The molecule has 0 spiro atoms. The van der Waals surface area contributed by atoms with Crippen LogP contribution < -0.4 is 0 Å². The molecule has 1 aromatic heterocycles. The van der Waals surface area contributed by atoms with Crippen LogP contribution in [0.25, 0.3) is 5.69 Å². The fraction of sp³-hybridized carbons (Fsp3) is 0.619. The zero-order valence-corrected chi connectivity index (χ0v) is 17.6. The lowest BCUT2D eigenvalue weighted by Crippen LogP contribution is -2.41. The van der Waals surface area contributed by atoms with Gasteiger partial charge in [0.25, 0.3) is 0 Å². The van der Waals surface area contributed by atoms with Crippen molar-refractivity contribution >= 4 is 7.12 Å². The highest BCUT2D eigenvalue weighted by molar-refractivity contribution is 6.51. The zero-order valence-electron chi connectivity index (χ0n) is 17.6. The third-order valence-electron chi connectivity index (χ3n) is 7.46. The summed E-state index contributed by atoms with van der Waals surface area (Å²) in [5.74, 6) is 0.313. The molecule has 6 nitrogen and oxygen atoms in total. The van der Waals surface area contributed by atoms with E-state index in [1.165, 1.54) is 17.3 Å². The first-order valence-corrected chi connectivity index (χ1v) is 10.4. The highest BCUT2D eigenvalue weighted by Gasteiger charge is 2.70. The Labute approximate surface area is 171 Å². The van der Waals surface area contributed by atoms with Crippen LogP contribution in [0, 0.1) is 11.7 Å². The van der Waals surface area contributed by atoms with Crippen molar-refractivity contribution in [3.8, 4) is 5.69 Å². The number of halogens is 1. The molecular formula is C21H28BFN4O2. The van der Waals surface area contributed by atoms with Gasteiger partial charge in [0, 0.05) is 18.4 Å². The van der Waals surface area contributed by atoms with Gasteiger partial charge in [-0.25, -0.2) is 14.1 Å². The van der Waals surface area contributed by atoms with Crippen LogP contribution in [0.5, 0.6) is 0 Å². The van der Waals surface area contributed by atoms with Gasteiger partial charge in [-0.2, -0.15) is 5.10 Å². The molecule has 0 radical (unpaired) electrons. The molecule has 154 valence electrons. The van der Waals surface area contributed by atoms with Gasteiger partial charge in [0.15, 0.2) is 0 Å². The molecule has 3 fully saturated rings. The van der Waals surface area contributed by atoms with Crippen LogP contribution in [0.4, 0.5) is 4.39 Å². The fourth-order valence-electron chi connectivity index (χ4n) is 4.77. The maximum Gasteiger partial charge on any atom is 0.464 e. The summed E-state index contributed by atoms with van der Waals surface area (Å²) in [4.78, 5) is 6.30. The number of piperidine rings is 1. The molecule has 0 bridgehead atoms. The number of hydrogen-bond acceptors (Lipinski definition) is 5. The van der Waals surface area contributed by atoms with Crippen LogP contribution in [0.3, 0.4) is 0 Å². The second kappa shape index (κ2) is 6.36. The van der Waals surface area contributed by atoms with Crippen LogP contribution in [0.1, 0.15) is 46.1 Å². The standard InChI is InChI=1S/C21H28BFN4O2/c1-19(2)20(3,4)29-22(28-19)21-7-8-26(12-16(21)10-21)11-15-5-6-18(17(23)9-15)27-14-24-13-25-27/h5-6,9,13-14,16H,7-8,10-12H2,1-4H3. The van der Waals surface area contributed by atoms with Crippen molar-refractivity contribution in [1.82, 2.24) is 19.7 Å². The molecule has 1 aromatic carbocycles. The summed E-state index contributed by atoms with van der Waals surface area (Å²) >= 11 is 0. The second-order valence-corrected chi connectivity index (χ2v) is 9.83. The monoisotopic (exact) mass is 398 g/mol. The number of benzene rings is 1. The molecule has 2 atom stereocenters. The van der Waals surface area contributed by atoms with Crippen molar-refractivity contribution in [3.63, 3.8) is 0 Å². The molecule has 3 aliphatic rings. The Morgan fingerprint density at radius 2 is 1.97 bits per heavy atom. The molecule has 2 aliphatic heterocycles. The molecule has 5 rings (SSSR count). The maximum absolute atomic E-state index is 14.5. The van der Waals surface area contributed by atoms with Gasteiger partial charge in [0.05, 0.1) is 11.2 Å². The Hall–Kier alpha value is -1.77. The molecule has 29 heavy (non-hydrogen) atoms. The van der Waals surface area contributed by atoms with E-state index >= 15 is 0 Å². The number of rotatable bonds is 4. The van der Waals surface area contributed by atoms with E-state index in [9.17, 15) is 4.39 Å². The average molecular weight is 398 g/mol. The third kappa shape index (κ3) is 3.12. The minimum absolute atomic E-state index is 0.112. The fourth-order valence-corrected chi connectivity index (χ4v) is 4.77. The van der Waals surface area contributed by atoms with E-state index < -0.39 is 0 Å². The molecule has 8 heteroatoms. The number of likely N-dealkylation sites (tertiary alicyclic amines) is 1. The van der Waals surface area contributed by atoms with Crippen molar-refractivity contribution in [2.75, 3.05) is 13.1 Å². The molecule has 1 aliphatic carbocycles. The summed E-state index contributed by atoms with van der Waals surface area (Å²) in [6, 6.07) is 5.36. The molecule has 2 aromatic rings. The Kier molecular flexibility index (Phi) is 4.22. The first-order valence-electron chi connectivity index (χ1n) is 10.4. The Morgan fingerprint density at radius 3 is 2.59 bits per heavy atom. The number of fused-ring (bicyclic) bond motifs is 1. The summed E-state index contributed by atoms with van der Waals surface area (Å²) in [5.41, 5.74) is 0.849. The van der Waals surface area contributed by atoms with E-state index in [-0.39, 0.29) is 29.5 Å². The van der Waals surface area contributed by atoms with Crippen molar-refractivity contribution in [1.29, 1.82) is 0 Å². The van der Waals surface area contributed by atoms with E-state index in [4.69, 9.17) is 9.31 Å². The number of nitrogens with zero attached hydrogens (tertiary/aromatic N) is 4. The van der Waals surface area contributed by atoms with Gasteiger partial charge in [-0.15, -0.1) is 0 Å². The summed E-state index contributed by atoms with van der Waals surface area (Å²) in [6.07, 6.45) is 5.13. The lowest BCUT2D eigenvalue weighted by Gasteiger charge is -2.32. The lowest BCUT2D eigenvalue weighted by atomic mass is 9.63. The van der Waals surface area contributed by atoms with E-state index in [1.807, 2.05) is 6.07 Å². The number of hydrogen-bond donors (Lipinski definition) is 0. The van der Waals surface area contributed by atoms with Gasteiger partial charge >= 0.3 is 7.12 Å². The molecule has 2 saturated heterocycles. The summed E-state index contributed by atoms with van der Waals surface area (Å²) in [6.45, 7) is 11.2. The highest BCUT2D eigenvalue weighted by Crippen LogP contribution is 2.69. The predicted octanol–water partition coefficient (Wildman–Crippen LogP) is 3.46. The van der Waals surface area contributed by atoms with Crippen LogP contribution >= 0.6 is 0 Å². The van der Waals surface area contributed by atoms with E-state index in [0.717, 1.165) is 38.0 Å². The predicted molar refractivity (Wildman–Crippen MR) is 108 cm³/mol. The van der Waals surface area contributed by atoms with Gasteiger partial charge in [-0.05, 0) is 70.7 Å². The van der Waals surface area contributed by atoms with Gasteiger partial charge in [-0.1, -0.05) is 6.07 Å². The molecule has 3 heterocycles. The second-order valence-electron chi connectivity index (χ2n) is 9.83. The summed E-state index contributed by atoms with van der Waals surface area (Å²) in [5, 5.41) is 4.16. The van der Waals surface area contributed by atoms with Crippen LogP contribution in [-0.2, 0) is 15.9 Å². The minimum Gasteiger partial charge on any atom is -0.403 e. The topological polar surface area (TPSA) is 52.4 Å². The molecule has 0 amide bonds. The highest BCUT2D eigenvalue weighted by atomic mass is 19.1. The maximum atomic E-state index is 14.5. The molecule has 2 unspecified atom stereocenters. The molecule has 1 saturated carbocycles. The summed E-state index contributed by atoms with van der Waals surface area (Å²) < 4.78 is 28.7. The van der Waals surface area contributed by atoms with Gasteiger partial charge in [0.1, 0.15) is 24.2 Å². The quantitative estimate of drug-likeness (QED) is 0.739. The first kappa shape index (κ1) is 19.2. The van der Waals surface area contributed by atoms with E-state index in [0.29, 0.717) is 11.6 Å². The average Bonchev–Trinajstić information content (AvgIpc) is 3.01. The normalized spacial score (nSPS) is 30.4. The van der Waals surface area contributed by atoms with Crippen LogP contribution in [0.15, 0.2) is 30.9 Å². The van der Waals surface area contributed by atoms with Crippen molar-refractivity contribution in [2.45, 2.75) is 63.6 Å². The molecular weight excluding hydrogens is 370 g/mol. The van der Waals surface area contributed by atoms with Crippen LogP contribution in [0.2, 0.25) is 5.31 Å². The largest absolute Gasteiger partial charge is 0.464 e. The Bertz CT molecular complexity index is 903. The van der Waals surface area contributed by atoms with Crippen molar-refractivity contribution in [2.24, 2.45) is 5.92 Å². The molecule has 0 N–H and O–H groups in total. The third-order valence-corrected chi connectivity index (χ3v) is 7.46. The Balaban J connectivity index is 1.23. The number of aromatic nitrogens is 3. The SMILES string of the molecule is CC1(C)OB(C23CCN(Cc4ccc(-n5cncn5)c(F)c4)CC2C3)OC1(C)C. The zero-order chi connectivity index (χ0) is 20.4. The first-order chi connectivity index (χ1) is 13.7. The lowest BCUT2D eigenvalue weighted by molar-refractivity contribution is 0.00578. The summed E-state index contributed by atoms with van der Waals surface area (Å²) in [7, 11) is -0.112. The van der Waals surface area contributed by atoms with Crippen molar-refractivity contribution in [3.05, 3.63) is 42.2 Å². The van der Waals surface area contributed by atoms with Gasteiger partial charge < -0.3 is 9.31 Å². The Morgan fingerprint density at radius 1 is 1.21 bits per heavy atom.